The summed E-state index contributed by atoms with van der Waals surface area (Å²) < 4.78 is 13.5. The fraction of sp³-hybridized carbons (Fsp3) is 0.367. The van der Waals surface area contributed by atoms with Gasteiger partial charge in [0.2, 0.25) is 12.7 Å². The van der Waals surface area contributed by atoms with Crippen molar-refractivity contribution in [3.8, 4) is 22.6 Å². The highest BCUT2D eigenvalue weighted by molar-refractivity contribution is 7.97. The van der Waals surface area contributed by atoms with E-state index in [0.29, 0.717) is 0 Å². The topological polar surface area (TPSA) is 50.8 Å². The van der Waals surface area contributed by atoms with Crippen LogP contribution in [0, 0.1) is 12.8 Å². The second-order valence-electron chi connectivity index (χ2n) is 10.4. The van der Waals surface area contributed by atoms with Gasteiger partial charge in [0.25, 0.3) is 0 Å². The number of rotatable bonds is 6. The second kappa shape index (κ2) is 9.49. The monoisotopic (exact) mass is 500 g/mol. The Kier molecular flexibility index (Phi) is 6.18. The summed E-state index contributed by atoms with van der Waals surface area (Å²) in [4.78, 5) is 14.7. The predicted molar refractivity (Wildman–Crippen MR) is 145 cm³/mol. The average molecular weight is 501 g/mol. The maximum absolute atomic E-state index is 13.4. The summed E-state index contributed by atoms with van der Waals surface area (Å²) in [6.07, 6.45) is 4.29. The summed E-state index contributed by atoms with van der Waals surface area (Å²) in [5.41, 5.74) is 4.83. The van der Waals surface area contributed by atoms with E-state index >= 15 is 0 Å². The van der Waals surface area contributed by atoms with Crippen molar-refractivity contribution in [2.24, 2.45) is 5.92 Å². The van der Waals surface area contributed by atoms with Gasteiger partial charge in [-0.15, -0.1) is 0 Å². The summed E-state index contributed by atoms with van der Waals surface area (Å²) in [5.74, 6) is 2.28. The molecule has 0 spiro atoms. The molecule has 2 aliphatic heterocycles. The number of benzene rings is 3. The number of carbonyl (C=O) groups excluding carboxylic acids is 1. The molecule has 1 unspecified atom stereocenters. The molecule has 0 aromatic heterocycles. The van der Waals surface area contributed by atoms with Gasteiger partial charge < -0.3 is 14.8 Å². The summed E-state index contributed by atoms with van der Waals surface area (Å²) in [6, 6.07) is 20.8. The number of amides is 1. The van der Waals surface area contributed by atoms with Gasteiger partial charge in [-0.1, -0.05) is 31.2 Å². The van der Waals surface area contributed by atoms with Gasteiger partial charge in [-0.2, -0.15) is 0 Å². The molecule has 3 aromatic carbocycles. The zero-order chi connectivity index (χ0) is 24.7. The normalized spacial score (nSPS) is 20.2. The number of anilines is 1. The molecular weight excluding hydrogens is 468 g/mol. The van der Waals surface area contributed by atoms with Gasteiger partial charge >= 0.3 is 0 Å². The SMILES string of the molecule is Cc1ccc(NC(=O)C2(c3ccc4c(c3)OCO4)CC2)cc1-c1ccc(SN2CCCC(C)C2)cc1. The Bertz CT molecular complexity index is 1290. The molecule has 186 valence electrons. The maximum Gasteiger partial charge on any atom is 0.235 e. The molecule has 1 saturated heterocycles. The minimum Gasteiger partial charge on any atom is -0.454 e. The third-order valence-corrected chi connectivity index (χ3v) is 8.70. The lowest BCUT2D eigenvalue weighted by Crippen LogP contribution is -2.28. The fourth-order valence-corrected chi connectivity index (χ4v) is 6.41. The fourth-order valence-electron chi connectivity index (χ4n) is 5.30. The van der Waals surface area contributed by atoms with E-state index < -0.39 is 5.41 Å². The van der Waals surface area contributed by atoms with Crippen molar-refractivity contribution in [1.82, 2.24) is 4.31 Å². The lowest BCUT2D eigenvalue weighted by atomic mass is 9.94. The van der Waals surface area contributed by atoms with Crippen LogP contribution in [0.1, 0.15) is 43.7 Å². The molecule has 0 radical (unpaired) electrons. The molecule has 2 fully saturated rings. The molecule has 1 N–H and O–H groups in total. The van der Waals surface area contributed by atoms with Gasteiger partial charge in [0.05, 0.1) is 5.41 Å². The largest absolute Gasteiger partial charge is 0.454 e. The van der Waals surface area contributed by atoms with Crippen LogP contribution in [0.4, 0.5) is 5.69 Å². The van der Waals surface area contributed by atoms with Crippen LogP contribution in [0.2, 0.25) is 0 Å². The van der Waals surface area contributed by atoms with Crippen molar-refractivity contribution in [1.29, 1.82) is 0 Å². The Morgan fingerprint density at radius 1 is 1.03 bits per heavy atom. The summed E-state index contributed by atoms with van der Waals surface area (Å²) >= 11 is 1.86. The van der Waals surface area contributed by atoms with Crippen LogP contribution in [0.5, 0.6) is 11.5 Å². The van der Waals surface area contributed by atoms with Crippen molar-refractivity contribution in [3.63, 3.8) is 0 Å². The van der Waals surface area contributed by atoms with Gasteiger partial charge in [-0.3, -0.25) is 4.79 Å². The number of aryl methyl sites for hydroxylation is 1. The van der Waals surface area contributed by atoms with Crippen LogP contribution in [-0.4, -0.2) is 30.1 Å². The van der Waals surface area contributed by atoms with E-state index in [1.807, 2.05) is 36.2 Å². The number of ether oxygens (including phenoxy) is 2. The molecule has 3 aliphatic rings. The maximum atomic E-state index is 13.4. The Hall–Kier alpha value is -2.96. The highest BCUT2D eigenvalue weighted by Crippen LogP contribution is 2.51. The first-order valence-corrected chi connectivity index (χ1v) is 13.6. The van der Waals surface area contributed by atoms with E-state index in [1.165, 1.54) is 23.3 Å². The van der Waals surface area contributed by atoms with Crippen LogP contribution in [0.3, 0.4) is 0 Å². The Labute approximate surface area is 217 Å². The number of nitrogens with zero attached hydrogens (tertiary/aromatic N) is 1. The number of nitrogens with one attached hydrogen (secondary N) is 1. The van der Waals surface area contributed by atoms with Crippen molar-refractivity contribution < 1.29 is 14.3 Å². The van der Waals surface area contributed by atoms with E-state index in [-0.39, 0.29) is 12.7 Å². The highest BCUT2D eigenvalue weighted by atomic mass is 32.2. The molecule has 1 atom stereocenters. The van der Waals surface area contributed by atoms with Gasteiger partial charge in [0.15, 0.2) is 11.5 Å². The predicted octanol–water partition coefficient (Wildman–Crippen LogP) is 6.80. The Balaban J connectivity index is 1.17. The zero-order valence-electron chi connectivity index (χ0n) is 20.9. The standard InChI is InChI=1S/C30H32N2O3S/c1-20-4-3-15-32(18-20)36-25-10-6-22(7-11-25)26-17-24(9-5-21(26)2)31-29(33)30(13-14-30)23-8-12-27-28(16-23)35-19-34-27/h5-12,16-17,20H,3-4,13-15,18-19H2,1-2H3,(H,31,33). The second-order valence-corrected chi connectivity index (χ2v) is 11.6. The number of fused-ring (bicyclic) bond motifs is 1. The van der Waals surface area contributed by atoms with E-state index in [4.69, 9.17) is 9.47 Å². The summed E-state index contributed by atoms with van der Waals surface area (Å²) in [5, 5.41) is 3.20. The van der Waals surface area contributed by atoms with Crippen LogP contribution >= 0.6 is 11.9 Å². The van der Waals surface area contributed by atoms with Crippen molar-refractivity contribution in [2.75, 3.05) is 25.2 Å². The molecule has 6 heteroatoms. The van der Waals surface area contributed by atoms with E-state index in [0.717, 1.165) is 65.7 Å². The smallest absolute Gasteiger partial charge is 0.235 e. The Morgan fingerprint density at radius 3 is 2.61 bits per heavy atom. The third kappa shape index (κ3) is 4.60. The molecule has 1 saturated carbocycles. The van der Waals surface area contributed by atoms with E-state index in [2.05, 4.69) is 59.9 Å². The molecule has 3 aromatic rings. The Morgan fingerprint density at radius 2 is 1.83 bits per heavy atom. The van der Waals surface area contributed by atoms with Gasteiger partial charge in [0.1, 0.15) is 0 Å². The molecule has 0 bridgehead atoms. The van der Waals surface area contributed by atoms with Crippen molar-refractivity contribution >= 4 is 23.5 Å². The van der Waals surface area contributed by atoms with Crippen LogP contribution < -0.4 is 14.8 Å². The van der Waals surface area contributed by atoms with Gasteiger partial charge in [-0.05, 0) is 109 Å². The first kappa shape index (κ1) is 23.4. The van der Waals surface area contributed by atoms with Gasteiger partial charge in [-0.25, -0.2) is 4.31 Å². The number of piperidine rings is 1. The number of hydrogen-bond donors (Lipinski definition) is 1. The molecule has 36 heavy (non-hydrogen) atoms. The molecule has 5 nitrogen and oxygen atoms in total. The van der Waals surface area contributed by atoms with Gasteiger partial charge in [0, 0.05) is 23.7 Å². The molecule has 2 heterocycles. The summed E-state index contributed by atoms with van der Waals surface area (Å²) in [7, 11) is 0. The minimum atomic E-state index is -0.489. The first-order valence-electron chi connectivity index (χ1n) is 12.9. The number of carbonyl (C=O) groups is 1. The number of hydrogen-bond acceptors (Lipinski definition) is 5. The van der Waals surface area contributed by atoms with E-state index in [1.54, 1.807) is 0 Å². The van der Waals surface area contributed by atoms with Crippen LogP contribution in [-0.2, 0) is 10.2 Å². The first-order chi connectivity index (χ1) is 17.5. The van der Waals surface area contributed by atoms with Crippen molar-refractivity contribution in [2.45, 2.75) is 49.8 Å². The average Bonchev–Trinajstić information content (AvgIpc) is 3.56. The third-order valence-electron chi connectivity index (χ3n) is 7.62. The zero-order valence-corrected chi connectivity index (χ0v) is 21.7. The molecule has 1 amide bonds. The summed E-state index contributed by atoms with van der Waals surface area (Å²) in [6.45, 7) is 7.01. The quantitative estimate of drug-likeness (QED) is 0.377. The minimum absolute atomic E-state index is 0.0404. The molecule has 6 rings (SSSR count). The highest BCUT2D eigenvalue weighted by Gasteiger charge is 2.51. The molecule has 1 aliphatic carbocycles. The van der Waals surface area contributed by atoms with Crippen LogP contribution in [0.25, 0.3) is 11.1 Å². The van der Waals surface area contributed by atoms with Crippen LogP contribution in [0.15, 0.2) is 65.6 Å². The van der Waals surface area contributed by atoms with Crippen molar-refractivity contribution in [3.05, 3.63) is 71.8 Å². The lowest BCUT2D eigenvalue weighted by Gasteiger charge is -2.29. The lowest BCUT2D eigenvalue weighted by molar-refractivity contribution is -0.118. The van der Waals surface area contributed by atoms with E-state index in [9.17, 15) is 4.79 Å². The molecular formula is C30H32N2O3S.